The fourth-order valence-corrected chi connectivity index (χ4v) is 2.65. The zero-order chi connectivity index (χ0) is 13.9. The van der Waals surface area contributed by atoms with E-state index in [1.807, 2.05) is 24.3 Å². The van der Waals surface area contributed by atoms with E-state index in [1.54, 1.807) is 12.1 Å². The maximum absolute atomic E-state index is 9.25. The van der Waals surface area contributed by atoms with Crippen molar-refractivity contribution in [2.24, 2.45) is 0 Å². The molecular formula is C15H14BrNO3. The van der Waals surface area contributed by atoms with Crippen LogP contribution in [0.25, 0.3) is 0 Å². The topological polar surface area (TPSA) is 50.7 Å². The quantitative estimate of drug-likeness (QED) is 0.842. The van der Waals surface area contributed by atoms with E-state index >= 15 is 0 Å². The number of ether oxygens (including phenoxy) is 2. The molecule has 2 N–H and O–H groups in total. The number of aromatic hydroxyl groups is 1. The molecule has 3 rings (SSSR count). The average molecular weight is 336 g/mol. The third-order valence-electron chi connectivity index (χ3n) is 3.02. The zero-order valence-electron chi connectivity index (χ0n) is 10.7. The lowest BCUT2D eigenvalue weighted by molar-refractivity contribution is 0.170. The van der Waals surface area contributed by atoms with E-state index < -0.39 is 0 Å². The Labute approximate surface area is 125 Å². The van der Waals surface area contributed by atoms with Gasteiger partial charge in [-0.25, -0.2) is 0 Å². The van der Waals surface area contributed by atoms with Crippen LogP contribution >= 0.6 is 15.9 Å². The SMILES string of the molecule is Oc1ccc(NCc2cc(Br)c3c(c2)OCCO3)cc1. The van der Waals surface area contributed by atoms with Crippen molar-refractivity contribution in [3.8, 4) is 17.2 Å². The Morgan fingerprint density at radius 1 is 1.10 bits per heavy atom. The monoisotopic (exact) mass is 335 g/mol. The van der Waals surface area contributed by atoms with Crippen LogP contribution in [0.3, 0.4) is 0 Å². The normalized spacial score (nSPS) is 13.1. The molecule has 0 atom stereocenters. The lowest BCUT2D eigenvalue weighted by Crippen LogP contribution is -2.16. The summed E-state index contributed by atoms with van der Waals surface area (Å²) >= 11 is 3.50. The van der Waals surface area contributed by atoms with Crippen LogP contribution in [-0.4, -0.2) is 18.3 Å². The average Bonchev–Trinajstić information content (AvgIpc) is 2.47. The predicted octanol–water partition coefficient (Wildman–Crippen LogP) is 3.54. The van der Waals surface area contributed by atoms with Crippen LogP contribution in [0.5, 0.6) is 17.2 Å². The molecular weight excluding hydrogens is 322 g/mol. The lowest BCUT2D eigenvalue weighted by atomic mass is 10.2. The van der Waals surface area contributed by atoms with Crippen LogP contribution in [0.2, 0.25) is 0 Å². The minimum atomic E-state index is 0.262. The molecule has 4 nitrogen and oxygen atoms in total. The Balaban J connectivity index is 1.74. The van der Waals surface area contributed by atoms with E-state index in [0.717, 1.165) is 27.2 Å². The molecule has 0 aliphatic carbocycles. The second-order valence-electron chi connectivity index (χ2n) is 4.50. The Morgan fingerprint density at radius 3 is 2.65 bits per heavy atom. The molecule has 1 aliphatic rings. The van der Waals surface area contributed by atoms with Crippen LogP contribution in [0.4, 0.5) is 5.69 Å². The van der Waals surface area contributed by atoms with Gasteiger partial charge < -0.3 is 19.9 Å². The smallest absolute Gasteiger partial charge is 0.175 e. The largest absolute Gasteiger partial charge is 0.508 e. The van der Waals surface area contributed by atoms with Crippen molar-refractivity contribution >= 4 is 21.6 Å². The van der Waals surface area contributed by atoms with Gasteiger partial charge in [-0.1, -0.05) is 0 Å². The summed E-state index contributed by atoms with van der Waals surface area (Å²) in [5.74, 6) is 1.80. The number of benzene rings is 2. The first-order valence-electron chi connectivity index (χ1n) is 6.33. The minimum Gasteiger partial charge on any atom is -0.508 e. The number of fused-ring (bicyclic) bond motifs is 1. The number of phenols is 1. The molecule has 0 spiro atoms. The van der Waals surface area contributed by atoms with E-state index in [1.165, 1.54) is 0 Å². The first-order chi connectivity index (χ1) is 9.72. The van der Waals surface area contributed by atoms with Gasteiger partial charge in [-0.3, -0.25) is 0 Å². The second kappa shape index (κ2) is 5.63. The number of nitrogens with one attached hydrogen (secondary N) is 1. The summed E-state index contributed by atoms with van der Waals surface area (Å²) in [6.07, 6.45) is 0. The lowest BCUT2D eigenvalue weighted by Gasteiger charge is -2.20. The van der Waals surface area contributed by atoms with Crippen LogP contribution < -0.4 is 14.8 Å². The third-order valence-corrected chi connectivity index (χ3v) is 3.61. The van der Waals surface area contributed by atoms with Crippen LogP contribution in [-0.2, 0) is 6.54 Å². The number of rotatable bonds is 3. The first-order valence-corrected chi connectivity index (χ1v) is 7.12. The van der Waals surface area contributed by atoms with Gasteiger partial charge in [0.2, 0.25) is 0 Å². The van der Waals surface area contributed by atoms with Crippen molar-refractivity contribution in [3.05, 3.63) is 46.4 Å². The van der Waals surface area contributed by atoms with Crippen molar-refractivity contribution in [2.45, 2.75) is 6.54 Å². The summed E-state index contributed by atoms with van der Waals surface area (Å²) in [5, 5.41) is 12.5. The summed E-state index contributed by atoms with van der Waals surface area (Å²) < 4.78 is 12.1. The van der Waals surface area contributed by atoms with Gasteiger partial charge in [0, 0.05) is 12.2 Å². The van der Waals surface area contributed by atoms with Gasteiger partial charge in [0.1, 0.15) is 19.0 Å². The highest BCUT2D eigenvalue weighted by Crippen LogP contribution is 2.38. The maximum atomic E-state index is 9.25. The standard InChI is InChI=1S/C15H14BrNO3/c16-13-7-10(8-14-15(13)20-6-5-19-14)9-17-11-1-3-12(18)4-2-11/h1-4,7-8,17-18H,5-6,9H2. The van der Waals surface area contributed by atoms with Crippen molar-refractivity contribution in [1.29, 1.82) is 0 Å². The summed E-state index contributed by atoms with van der Waals surface area (Å²) in [6.45, 7) is 1.82. The van der Waals surface area contributed by atoms with E-state index in [-0.39, 0.29) is 5.75 Å². The number of hydrogen-bond acceptors (Lipinski definition) is 4. The molecule has 0 aromatic heterocycles. The second-order valence-corrected chi connectivity index (χ2v) is 5.36. The predicted molar refractivity (Wildman–Crippen MR) is 80.6 cm³/mol. The Bertz CT molecular complexity index is 613. The van der Waals surface area contributed by atoms with E-state index in [2.05, 4.69) is 21.2 Å². The molecule has 5 heteroatoms. The van der Waals surface area contributed by atoms with Crippen molar-refractivity contribution in [3.63, 3.8) is 0 Å². The molecule has 1 heterocycles. The molecule has 20 heavy (non-hydrogen) atoms. The minimum absolute atomic E-state index is 0.262. The van der Waals surface area contributed by atoms with Crippen molar-refractivity contribution in [1.82, 2.24) is 0 Å². The third kappa shape index (κ3) is 2.82. The van der Waals surface area contributed by atoms with Gasteiger partial charge in [-0.05, 0) is 57.9 Å². The maximum Gasteiger partial charge on any atom is 0.175 e. The van der Waals surface area contributed by atoms with Gasteiger partial charge in [0.05, 0.1) is 4.47 Å². The molecule has 2 aromatic carbocycles. The summed E-state index contributed by atoms with van der Waals surface area (Å²) in [6, 6.07) is 11.0. The van der Waals surface area contributed by atoms with Crippen LogP contribution in [0.15, 0.2) is 40.9 Å². The molecule has 0 amide bonds. The molecule has 0 fully saturated rings. The van der Waals surface area contributed by atoms with Gasteiger partial charge in [-0.15, -0.1) is 0 Å². The molecule has 0 radical (unpaired) electrons. The first kappa shape index (κ1) is 13.1. The Hall–Kier alpha value is -1.88. The number of anilines is 1. The highest BCUT2D eigenvalue weighted by Gasteiger charge is 2.16. The van der Waals surface area contributed by atoms with E-state index in [0.29, 0.717) is 19.8 Å². The summed E-state index contributed by atoms with van der Waals surface area (Å²) in [7, 11) is 0. The van der Waals surface area contributed by atoms with Gasteiger partial charge in [-0.2, -0.15) is 0 Å². The van der Waals surface area contributed by atoms with Gasteiger partial charge in [0.15, 0.2) is 11.5 Å². The van der Waals surface area contributed by atoms with Crippen molar-refractivity contribution in [2.75, 3.05) is 18.5 Å². The number of phenolic OH excluding ortho intramolecular Hbond substituents is 1. The van der Waals surface area contributed by atoms with Crippen LogP contribution in [0, 0.1) is 0 Å². The Morgan fingerprint density at radius 2 is 1.85 bits per heavy atom. The molecule has 0 unspecified atom stereocenters. The van der Waals surface area contributed by atoms with E-state index in [9.17, 15) is 5.11 Å². The number of halogens is 1. The number of hydrogen-bond donors (Lipinski definition) is 2. The van der Waals surface area contributed by atoms with Gasteiger partial charge in [0.25, 0.3) is 0 Å². The molecule has 104 valence electrons. The van der Waals surface area contributed by atoms with Crippen LogP contribution in [0.1, 0.15) is 5.56 Å². The highest BCUT2D eigenvalue weighted by molar-refractivity contribution is 9.10. The molecule has 2 aromatic rings. The Kier molecular flexibility index (Phi) is 3.69. The summed E-state index contributed by atoms with van der Waals surface area (Å²) in [4.78, 5) is 0. The molecule has 1 aliphatic heterocycles. The van der Waals surface area contributed by atoms with Gasteiger partial charge >= 0.3 is 0 Å². The zero-order valence-corrected chi connectivity index (χ0v) is 12.3. The highest BCUT2D eigenvalue weighted by atomic mass is 79.9. The fraction of sp³-hybridized carbons (Fsp3) is 0.200. The van der Waals surface area contributed by atoms with Crippen molar-refractivity contribution < 1.29 is 14.6 Å². The van der Waals surface area contributed by atoms with E-state index in [4.69, 9.17) is 9.47 Å². The molecule has 0 bridgehead atoms. The molecule has 0 saturated heterocycles. The summed E-state index contributed by atoms with van der Waals surface area (Å²) in [5.41, 5.74) is 2.04. The fourth-order valence-electron chi connectivity index (χ4n) is 2.05. The molecule has 0 saturated carbocycles.